The lowest BCUT2D eigenvalue weighted by Gasteiger charge is -2.21. The average molecular weight is 395 g/mol. The van der Waals surface area contributed by atoms with Crippen molar-refractivity contribution in [3.05, 3.63) is 120 Å². The fraction of sp³-hybridized carbons (Fsp3) is 0.111. The maximum absolute atomic E-state index is 5.77. The number of hydrogen-bond donors (Lipinski definition) is 0. The third-order valence-electron chi connectivity index (χ3n) is 5.47. The molecule has 2 heterocycles. The molecule has 1 aliphatic carbocycles. The Morgan fingerprint density at radius 1 is 0.931 bits per heavy atom. The Hall–Kier alpha value is -2.97. The van der Waals surface area contributed by atoms with E-state index in [2.05, 4.69) is 79.4 Å². The van der Waals surface area contributed by atoms with E-state index in [1.54, 1.807) is 6.26 Å². The zero-order valence-corrected chi connectivity index (χ0v) is 17.0. The van der Waals surface area contributed by atoms with Gasteiger partial charge in [0, 0.05) is 15.7 Å². The average Bonchev–Trinajstić information content (AvgIpc) is 3.28. The second kappa shape index (κ2) is 7.81. The first kappa shape index (κ1) is 18.1. The highest BCUT2D eigenvalue weighted by molar-refractivity contribution is 7.99. The van der Waals surface area contributed by atoms with Gasteiger partial charge < -0.3 is 4.42 Å². The molecule has 0 radical (unpaired) electrons. The standard InChI is InChI=1S/C27H22OS/c1-19-16-22(25-12-7-15-28-25)18-20-8-6-9-21(17-20)24-11-3-5-14-27(24)29-26-13-4-2-10-23(19)26/h2-7,9-17,21H,1,8,18H2/b22-16+. The van der Waals surface area contributed by atoms with Crippen molar-refractivity contribution in [2.24, 2.45) is 0 Å². The molecule has 142 valence electrons. The number of benzene rings is 2. The van der Waals surface area contributed by atoms with Crippen molar-refractivity contribution < 1.29 is 4.42 Å². The zero-order valence-electron chi connectivity index (χ0n) is 16.2. The summed E-state index contributed by atoms with van der Waals surface area (Å²) in [4.78, 5) is 2.53. The minimum atomic E-state index is 0.301. The van der Waals surface area contributed by atoms with Gasteiger partial charge >= 0.3 is 0 Å². The lowest BCUT2D eigenvalue weighted by molar-refractivity contribution is 0.551. The van der Waals surface area contributed by atoms with Crippen LogP contribution in [0, 0.1) is 0 Å². The van der Waals surface area contributed by atoms with Crippen LogP contribution in [-0.2, 0) is 0 Å². The predicted octanol–water partition coefficient (Wildman–Crippen LogP) is 7.90. The van der Waals surface area contributed by atoms with Crippen LogP contribution in [-0.4, -0.2) is 0 Å². The van der Waals surface area contributed by atoms with Crippen molar-refractivity contribution in [1.29, 1.82) is 0 Å². The summed E-state index contributed by atoms with van der Waals surface area (Å²) in [7, 11) is 0. The van der Waals surface area contributed by atoms with Gasteiger partial charge in [-0.05, 0) is 65.5 Å². The Morgan fingerprint density at radius 2 is 1.76 bits per heavy atom. The fourth-order valence-corrected chi connectivity index (χ4v) is 5.22. The van der Waals surface area contributed by atoms with Crippen LogP contribution >= 0.6 is 11.8 Å². The number of hydrogen-bond acceptors (Lipinski definition) is 2. The van der Waals surface area contributed by atoms with Crippen LogP contribution in [0.3, 0.4) is 0 Å². The van der Waals surface area contributed by atoms with Gasteiger partial charge in [0.1, 0.15) is 5.76 Å². The summed E-state index contributed by atoms with van der Waals surface area (Å²) >= 11 is 1.83. The maximum atomic E-state index is 5.77. The van der Waals surface area contributed by atoms with Gasteiger partial charge in [-0.25, -0.2) is 0 Å². The first-order chi connectivity index (χ1) is 14.3. The first-order valence-corrected chi connectivity index (χ1v) is 10.8. The molecule has 1 unspecified atom stereocenters. The van der Waals surface area contributed by atoms with E-state index in [9.17, 15) is 0 Å². The largest absolute Gasteiger partial charge is 0.465 e. The SMILES string of the molecule is C=C1/C=C(/c2ccco2)CC2=CC(C=CC2)c2ccccc2Sc2ccccc21. The van der Waals surface area contributed by atoms with Crippen LogP contribution in [0.5, 0.6) is 0 Å². The molecule has 5 rings (SSSR count). The van der Waals surface area contributed by atoms with Crippen molar-refractivity contribution in [2.45, 2.75) is 28.6 Å². The molecule has 0 spiro atoms. The second-order valence-corrected chi connectivity index (χ2v) is 8.55. The van der Waals surface area contributed by atoms with E-state index in [0.717, 1.165) is 24.2 Å². The monoisotopic (exact) mass is 394 g/mol. The molecule has 1 atom stereocenters. The van der Waals surface area contributed by atoms with Crippen LogP contribution in [0.25, 0.3) is 11.1 Å². The molecule has 1 nitrogen and oxygen atoms in total. The summed E-state index contributed by atoms with van der Waals surface area (Å²) in [5.74, 6) is 1.22. The highest BCUT2D eigenvalue weighted by Gasteiger charge is 2.19. The van der Waals surface area contributed by atoms with Gasteiger partial charge in [-0.1, -0.05) is 78.5 Å². The summed E-state index contributed by atoms with van der Waals surface area (Å²) in [5.41, 5.74) is 6.14. The molecule has 2 heteroatoms. The summed E-state index contributed by atoms with van der Waals surface area (Å²) in [5, 5.41) is 0. The van der Waals surface area contributed by atoms with Gasteiger partial charge in [0.15, 0.2) is 0 Å². The van der Waals surface area contributed by atoms with E-state index in [1.807, 2.05) is 23.9 Å². The topological polar surface area (TPSA) is 13.1 Å². The van der Waals surface area contributed by atoms with Gasteiger partial charge in [-0.2, -0.15) is 0 Å². The van der Waals surface area contributed by atoms with E-state index in [0.29, 0.717) is 5.92 Å². The smallest absolute Gasteiger partial charge is 0.130 e. The highest BCUT2D eigenvalue weighted by atomic mass is 32.2. The van der Waals surface area contributed by atoms with E-state index in [-0.39, 0.29) is 0 Å². The number of rotatable bonds is 1. The number of furan rings is 1. The Bertz CT molecular complexity index is 1140. The first-order valence-electron chi connectivity index (χ1n) is 9.94. The van der Waals surface area contributed by atoms with Gasteiger partial charge in [0.25, 0.3) is 0 Å². The van der Waals surface area contributed by atoms with Crippen LogP contribution in [0.4, 0.5) is 0 Å². The molecule has 0 fully saturated rings. The summed E-state index contributed by atoms with van der Waals surface area (Å²) < 4.78 is 5.77. The summed E-state index contributed by atoms with van der Waals surface area (Å²) in [6.45, 7) is 4.41. The van der Waals surface area contributed by atoms with Crippen molar-refractivity contribution in [2.75, 3.05) is 0 Å². The molecule has 3 aromatic rings. The zero-order chi connectivity index (χ0) is 19.6. The molecule has 29 heavy (non-hydrogen) atoms. The lowest BCUT2D eigenvalue weighted by Crippen LogP contribution is -2.02. The Labute approximate surface area is 176 Å². The molecule has 2 aromatic carbocycles. The molecular formula is C27H22OS. The number of allylic oxidation sites excluding steroid dienone is 7. The lowest BCUT2D eigenvalue weighted by atomic mass is 9.87. The molecular weight excluding hydrogens is 372 g/mol. The van der Waals surface area contributed by atoms with Gasteiger partial charge in [-0.3, -0.25) is 0 Å². The molecule has 2 aliphatic rings. The normalized spacial score (nSPS) is 20.4. The van der Waals surface area contributed by atoms with Crippen molar-refractivity contribution in [1.82, 2.24) is 0 Å². The van der Waals surface area contributed by atoms with Gasteiger partial charge in [0.2, 0.25) is 0 Å². The van der Waals surface area contributed by atoms with E-state index in [4.69, 9.17) is 4.42 Å². The Kier molecular flexibility index (Phi) is 4.87. The van der Waals surface area contributed by atoms with Gasteiger partial charge in [-0.15, -0.1) is 0 Å². The maximum Gasteiger partial charge on any atom is 0.130 e. The van der Waals surface area contributed by atoms with Crippen LogP contribution in [0.2, 0.25) is 0 Å². The second-order valence-electron chi connectivity index (χ2n) is 7.47. The molecule has 0 saturated carbocycles. The van der Waals surface area contributed by atoms with Crippen molar-refractivity contribution in [3.63, 3.8) is 0 Å². The predicted molar refractivity (Wildman–Crippen MR) is 122 cm³/mol. The van der Waals surface area contributed by atoms with Crippen LogP contribution in [0.15, 0.2) is 118 Å². The van der Waals surface area contributed by atoms with E-state index < -0.39 is 0 Å². The van der Waals surface area contributed by atoms with E-state index in [1.165, 1.54) is 32.1 Å². The molecule has 1 aliphatic heterocycles. The fourth-order valence-electron chi connectivity index (χ4n) is 4.06. The third kappa shape index (κ3) is 3.68. The van der Waals surface area contributed by atoms with Gasteiger partial charge in [0.05, 0.1) is 6.26 Å². The quantitative estimate of drug-likeness (QED) is 0.389. The third-order valence-corrected chi connectivity index (χ3v) is 6.64. The highest BCUT2D eigenvalue weighted by Crippen LogP contribution is 2.42. The minimum absolute atomic E-state index is 0.301. The van der Waals surface area contributed by atoms with Crippen LogP contribution < -0.4 is 0 Å². The summed E-state index contributed by atoms with van der Waals surface area (Å²) in [6.07, 6.45) is 12.8. The molecule has 1 aromatic heterocycles. The summed E-state index contributed by atoms with van der Waals surface area (Å²) in [6, 6.07) is 21.3. The van der Waals surface area contributed by atoms with Crippen LogP contribution in [0.1, 0.15) is 35.6 Å². The Morgan fingerprint density at radius 3 is 2.62 bits per heavy atom. The minimum Gasteiger partial charge on any atom is -0.465 e. The molecule has 0 N–H and O–H groups in total. The van der Waals surface area contributed by atoms with Crippen molar-refractivity contribution >= 4 is 22.9 Å². The molecule has 2 bridgehead atoms. The number of fused-ring (bicyclic) bond motifs is 4. The molecule has 0 saturated heterocycles. The van der Waals surface area contributed by atoms with E-state index >= 15 is 0 Å². The molecule has 0 amide bonds. The Balaban J connectivity index is 1.70. The van der Waals surface area contributed by atoms with Crippen molar-refractivity contribution in [3.8, 4) is 0 Å².